The van der Waals surface area contributed by atoms with Gasteiger partial charge in [0.1, 0.15) is 5.76 Å². The van der Waals surface area contributed by atoms with Crippen molar-refractivity contribution < 1.29 is 4.52 Å². The third kappa shape index (κ3) is 2.95. The molecule has 1 N–H and O–H groups in total. The van der Waals surface area contributed by atoms with Gasteiger partial charge in [-0.15, -0.1) is 0 Å². The maximum Gasteiger partial charge on any atom is 0.150 e. The summed E-state index contributed by atoms with van der Waals surface area (Å²) in [6.45, 7) is 0.647. The van der Waals surface area contributed by atoms with E-state index >= 15 is 0 Å². The normalized spacial score (nSPS) is 10.8. The quantitative estimate of drug-likeness (QED) is 0.765. The van der Waals surface area contributed by atoms with Crippen molar-refractivity contribution in [1.82, 2.24) is 10.5 Å². The average Bonchev–Trinajstić information content (AvgIpc) is 3.03. The molecule has 3 rings (SSSR count). The molecule has 0 unspecified atom stereocenters. The van der Waals surface area contributed by atoms with Crippen LogP contribution in [0.4, 0.5) is 0 Å². The van der Waals surface area contributed by atoms with Crippen LogP contribution < -0.4 is 5.32 Å². The lowest BCUT2D eigenvalue weighted by Crippen LogP contribution is -2.21. The summed E-state index contributed by atoms with van der Waals surface area (Å²) in [5.41, 5.74) is 2.47. The Labute approximate surface area is 118 Å². The second-order valence-corrected chi connectivity index (χ2v) is 4.61. The minimum Gasteiger partial charge on any atom is -0.360 e. The fourth-order valence-electron chi connectivity index (χ4n) is 2.26. The summed E-state index contributed by atoms with van der Waals surface area (Å²) >= 11 is 0. The highest BCUT2D eigenvalue weighted by Crippen LogP contribution is 2.22. The van der Waals surface area contributed by atoms with Crippen LogP contribution in [0.15, 0.2) is 77.4 Å². The SMILES string of the molecule is c1ccc(C(NCc2ccno2)c2ccccc2)cc1. The van der Waals surface area contributed by atoms with Crippen molar-refractivity contribution in [3.63, 3.8) is 0 Å². The molecule has 3 nitrogen and oxygen atoms in total. The van der Waals surface area contributed by atoms with E-state index in [1.54, 1.807) is 6.20 Å². The number of aromatic nitrogens is 1. The molecule has 0 aliphatic heterocycles. The summed E-state index contributed by atoms with van der Waals surface area (Å²) in [6.07, 6.45) is 1.66. The van der Waals surface area contributed by atoms with Crippen molar-refractivity contribution in [1.29, 1.82) is 0 Å². The second kappa shape index (κ2) is 6.17. The van der Waals surface area contributed by atoms with E-state index in [0.717, 1.165) is 5.76 Å². The van der Waals surface area contributed by atoms with E-state index in [-0.39, 0.29) is 6.04 Å². The van der Waals surface area contributed by atoms with Crippen LogP contribution in [0, 0.1) is 0 Å². The topological polar surface area (TPSA) is 38.1 Å². The highest BCUT2D eigenvalue weighted by atomic mass is 16.5. The van der Waals surface area contributed by atoms with Gasteiger partial charge in [-0.25, -0.2) is 0 Å². The molecule has 0 spiro atoms. The molecule has 0 atom stereocenters. The van der Waals surface area contributed by atoms with Crippen molar-refractivity contribution >= 4 is 0 Å². The Morgan fingerprint density at radius 1 is 0.850 bits per heavy atom. The number of benzene rings is 2. The average molecular weight is 264 g/mol. The van der Waals surface area contributed by atoms with Crippen LogP contribution in [0.1, 0.15) is 22.9 Å². The molecule has 0 fully saturated rings. The van der Waals surface area contributed by atoms with Crippen LogP contribution in [-0.2, 0) is 6.54 Å². The molecular weight excluding hydrogens is 248 g/mol. The number of hydrogen-bond donors (Lipinski definition) is 1. The fraction of sp³-hybridized carbons (Fsp3) is 0.118. The number of rotatable bonds is 5. The summed E-state index contributed by atoms with van der Waals surface area (Å²) in [6, 6.07) is 22.8. The standard InChI is InChI=1S/C17H16N2O/c1-3-7-14(8-4-1)17(15-9-5-2-6-10-15)18-13-16-11-12-19-20-16/h1-12,17-18H,13H2. The predicted molar refractivity (Wildman–Crippen MR) is 78.1 cm³/mol. The van der Waals surface area contributed by atoms with E-state index in [1.165, 1.54) is 11.1 Å². The van der Waals surface area contributed by atoms with Gasteiger partial charge >= 0.3 is 0 Å². The lowest BCUT2D eigenvalue weighted by atomic mass is 9.99. The van der Waals surface area contributed by atoms with E-state index in [1.807, 2.05) is 18.2 Å². The van der Waals surface area contributed by atoms with Crippen molar-refractivity contribution in [2.45, 2.75) is 12.6 Å². The Hall–Kier alpha value is -2.39. The number of hydrogen-bond acceptors (Lipinski definition) is 3. The summed E-state index contributed by atoms with van der Waals surface area (Å²) in [4.78, 5) is 0. The molecule has 100 valence electrons. The fourth-order valence-corrected chi connectivity index (χ4v) is 2.26. The van der Waals surface area contributed by atoms with Crippen LogP contribution in [0.5, 0.6) is 0 Å². The van der Waals surface area contributed by atoms with Gasteiger partial charge in [-0.2, -0.15) is 0 Å². The van der Waals surface area contributed by atoms with Crippen molar-refractivity contribution in [2.24, 2.45) is 0 Å². The molecule has 20 heavy (non-hydrogen) atoms. The van der Waals surface area contributed by atoms with Gasteiger partial charge in [-0.1, -0.05) is 65.8 Å². The summed E-state index contributed by atoms with van der Waals surface area (Å²) in [7, 11) is 0. The van der Waals surface area contributed by atoms with Crippen molar-refractivity contribution in [3.8, 4) is 0 Å². The van der Waals surface area contributed by atoms with Gasteiger partial charge in [0.2, 0.25) is 0 Å². The van der Waals surface area contributed by atoms with Crippen LogP contribution in [0.2, 0.25) is 0 Å². The van der Waals surface area contributed by atoms with Crippen LogP contribution >= 0.6 is 0 Å². The van der Waals surface area contributed by atoms with Crippen molar-refractivity contribution in [2.75, 3.05) is 0 Å². The molecule has 0 saturated carbocycles. The van der Waals surface area contributed by atoms with E-state index < -0.39 is 0 Å². The maximum atomic E-state index is 5.14. The largest absolute Gasteiger partial charge is 0.360 e. The smallest absolute Gasteiger partial charge is 0.150 e. The summed E-state index contributed by atoms with van der Waals surface area (Å²) in [5, 5.41) is 7.25. The molecule has 0 aliphatic carbocycles. The van der Waals surface area contributed by atoms with Gasteiger partial charge in [0, 0.05) is 6.07 Å². The molecule has 0 amide bonds. The van der Waals surface area contributed by atoms with E-state index in [2.05, 4.69) is 59.0 Å². The second-order valence-electron chi connectivity index (χ2n) is 4.61. The van der Waals surface area contributed by atoms with Crippen LogP contribution in [-0.4, -0.2) is 5.16 Å². The summed E-state index contributed by atoms with van der Waals surface area (Å²) < 4.78 is 5.14. The Bertz CT molecular complexity index is 581. The molecule has 1 heterocycles. The number of nitrogens with zero attached hydrogens (tertiary/aromatic N) is 1. The molecule has 1 aromatic heterocycles. The molecule has 2 aromatic carbocycles. The van der Waals surface area contributed by atoms with Gasteiger partial charge in [0.25, 0.3) is 0 Å². The summed E-state index contributed by atoms with van der Waals surface area (Å²) in [5.74, 6) is 0.835. The first kappa shape index (κ1) is 12.6. The third-order valence-corrected chi connectivity index (χ3v) is 3.24. The monoisotopic (exact) mass is 264 g/mol. The van der Waals surface area contributed by atoms with Gasteiger partial charge < -0.3 is 4.52 Å². The molecule has 3 aromatic rings. The first-order valence-corrected chi connectivity index (χ1v) is 6.66. The molecule has 0 radical (unpaired) electrons. The van der Waals surface area contributed by atoms with Crippen LogP contribution in [0.3, 0.4) is 0 Å². The van der Waals surface area contributed by atoms with E-state index in [0.29, 0.717) is 6.54 Å². The maximum absolute atomic E-state index is 5.14. The zero-order chi connectivity index (χ0) is 13.6. The molecule has 0 bridgehead atoms. The lowest BCUT2D eigenvalue weighted by molar-refractivity contribution is 0.368. The van der Waals surface area contributed by atoms with E-state index in [9.17, 15) is 0 Å². The van der Waals surface area contributed by atoms with Crippen molar-refractivity contribution in [3.05, 3.63) is 89.8 Å². The van der Waals surface area contributed by atoms with Crippen LogP contribution in [0.25, 0.3) is 0 Å². The highest BCUT2D eigenvalue weighted by molar-refractivity contribution is 5.31. The Balaban J connectivity index is 1.84. The highest BCUT2D eigenvalue weighted by Gasteiger charge is 2.13. The lowest BCUT2D eigenvalue weighted by Gasteiger charge is -2.19. The van der Waals surface area contributed by atoms with Gasteiger partial charge in [0.05, 0.1) is 18.8 Å². The third-order valence-electron chi connectivity index (χ3n) is 3.24. The first-order valence-electron chi connectivity index (χ1n) is 6.66. The molecular formula is C17H16N2O. The Morgan fingerprint density at radius 3 is 1.95 bits per heavy atom. The predicted octanol–water partition coefficient (Wildman–Crippen LogP) is 3.55. The van der Waals surface area contributed by atoms with E-state index in [4.69, 9.17) is 4.52 Å². The molecule has 3 heteroatoms. The number of nitrogens with one attached hydrogen (secondary N) is 1. The van der Waals surface area contributed by atoms with Gasteiger partial charge in [0.15, 0.2) is 0 Å². The first-order chi connectivity index (χ1) is 9.93. The minimum atomic E-state index is 0.141. The van der Waals surface area contributed by atoms with Gasteiger partial charge in [-0.05, 0) is 11.1 Å². The Kier molecular flexibility index (Phi) is 3.90. The molecule has 0 aliphatic rings. The van der Waals surface area contributed by atoms with Gasteiger partial charge in [-0.3, -0.25) is 5.32 Å². The zero-order valence-corrected chi connectivity index (χ0v) is 11.1. The minimum absolute atomic E-state index is 0.141. The zero-order valence-electron chi connectivity index (χ0n) is 11.1. The Morgan fingerprint density at radius 2 is 1.45 bits per heavy atom. The molecule has 0 saturated heterocycles.